The molecule has 0 aliphatic carbocycles. The number of H-pyrrole nitrogens is 1. The van der Waals surface area contributed by atoms with Crippen molar-refractivity contribution in [2.24, 2.45) is 0 Å². The fourth-order valence-electron chi connectivity index (χ4n) is 4.39. The van der Waals surface area contributed by atoms with Gasteiger partial charge in [-0.25, -0.2) is 13.8 Å². The first-order valence-electron chi connectivity index (χ1n) is 11.5. The van der Waals surface area contributed by atoms with Crippen molar-refractivity contribution in [3.63, 3.8) is 0 Å². The Morgan fingerprint density at radius 2 is 1.75 bits per heavy atom. The van der Waals surface area contributed by atoms with E-state index in [1.165, 1.54) is 0 Å². The lowest BCUT2D eigenvalue weighted by Crippen LogP contribution is -2.23. The number of pyridine rings is 1. The third kappa shape index (κ3) is 4.03. The van der Waals surface area contributed by atoms with Gasteiger partial charge in [-0.2, -0.15) is 0 Å². The van der Waals surface area contributed by atoms with Crippen LogP contribution in [-0.2, 0) is 12.1 Å². The monoisotopic (exact) mass is 507 g/mol. The Labute approximate surface area is 211 Å². The molecule has 5 aromatic rings. The third-order valence-electron chi connectivity index (χ3n) is 6.09. The first kappa shape index (κ1) is 24.0. The van der Waals surface area contributed by atoms with Crippen molar-refractivity contribution in [2.45, 2.75) is 39.8 Å². The standard InChI is InChI=1S/C28H24ClF2N3O2/c1-15-22-24-23(19(30)13-20(35)25(24)31)26(32-27(22)34(33-15)28(2,3)4)17-10-11-21(18(29)12-17)36-14-16-8-6-5-7-9-16/h5-13,33H,14H2,1-4H3. The molecule has 0 amide bonds. The van der Waals surface area contributed by atoms with Crippen LogP contribution >= 0.6 is 11.6 Å². The molecule has 3 aromatic carbocycles. The van der Waals surface area contributed by atoms with Crippen molar-refractivity contribution < 1.29 is 13.5 Å². The zero-order valence-corrected chi connectivity index (χ0v) is 21.0. The van der Waals surface area contributed by atoms with Gasteiger partial charge >= 0.3 is 0 Å². The number of hydrogen-bond acceptors (Lipinski definition) is 3. The van der Waals surface area contributed by atoms with E-state index in [-0.39, 0.29) is 16.5 Å². The zero-order chi connectivity index (χ0) is 25.8. The van der Waals surface area contributed by atoms with Gasteiger partial charge < -0.3 is 9.84 Å². The Morgan fingerprint density at radius 1 is 1.03 bits per heavy atom. The summed E-state index contributed by atoms with van der Waals surface area (Å²) in [7, 11) is 0. The van der Waals surface area contributed by atoms with Gasteiger partial charge in [0.1, 0.15) is 18.2 Å². The number of fused-ring (bicyclic) bond motifs is 3. The van der Waals surface area contributed by atoms with Crippen LogP contribution in [0.4, 0.5) is 8.78 Å². The van der Waals surface area contributed by atoms with Crippen LogP contribution in [0.5, 0.6) is 5.75 Å². The molecule has 1 N–H and O–H groups in total. The van der Waals surface area contributed by atoms with Gasteiger partial charge in [0.25, 0.3) is 0 Å². The molecule has 0 spiro atoms. The predicted molar refractivity (Wildman–Crippen MR) is 139 cm³/mol. The number of aromatic nitrogens is 3. The van der Waals surface area contributed by atoms with Crippen LogP contribution in [0.1, 0.15) is 32.0 Å². The van der Waals surface area contributed by atoms with Gasteiger partial charge in [-0.3, -0.25) is 9.48 Å². The van der Waals surface area contributed by atoms with Crippen LogP contribution in [0.15, 0.2) is 59.4 Å². The Morgan fingerprint density at radius 3 is 2.42 bits per heavy atom. The van der Waals surface area contributed by atoms with E-state index in [0.29, 0.717) is 45.7 Å². The summed E-state index contributed by atoms with van der Waals surface area (Å²) in [6.45, 7) is 7.96. The maximum atomic E-state index is 15.3. The SMILES string of the molecule is Cc1[nH]n(C(C)(C)C)c2nc(-c3ccc(OCc4ccccc4)c(Cl)c3)c3c(F)cc(=O)c(F)c3c12. The van der Waals surface area contributed by atoms with E-state index in [9.17, 15) is 4.79 Å². The van der Waals surface area contributed by atoms with Crippen molar-refractivity contribution in [1.29, 1.82) is 0 Å². The van der Waals surface area contributed by atoms with E-state index in [1.54, 1.807) is 29.8 Å². The largest absolute Gasteiger partial charge is 0.487 e. The van der Waals surface area contributed by atoms with Crippen molar-refractivity contribution in [2.75, 3.05) is 0 Å². The first-order chi connectivity index (χ1) is 17.1. The molecule has 0 bridgehead atoms. The molecule has 0 aliphatic rings. The van der Waals surface area contributed by atoms with Crippen LogP contribution in [0.25, 0.3) is 33.1 Å². The van der Waals surface area contributed by atoms with E-state index in [0.717, 1.165) is 5.56 Å². The molecular weight excluding hydrogens is 484 g/mol. The fourth-order valence-corrected chi connectivity index (χ4v) is 4.62. The highest BCUT2D eigenvalue weighted by molar-refractivity contribution is 6.32. The molecule has 8 heteroatoms. The molecule has 0 radical (unpaired) electrons. The maximum Gasteiger partial charge on any atom is 0.217 e. The Kier molecular flexibility index (Phi) is 5.83. The third-order valence-corrected chi connectivity index (χ3v) is 6.39. The van der Waals surface area contributed by atoms with Crippen molar-refractivity contribution in [3.8, 4) is 17.0 Å². The predicted octanol–water partition coefficient (Wildman–Crippen LogP) is 7.12. The summed E-state index contributed by atoms with van der Waals surface area (Å²) in [4.78, 5) is 17.0. The van der Waals surface area contributed by atoms with Gasteiger partial charge in [-0.1, -0.05) is 41.9 Å². The molecule has 0 saturated carbocycles. The van der Waals surface area contributed by atoms with Gasteiger partial charge in [0, 0.05) is 28.1 Å². The molecule has 2 aromatic heterocycles. The van der Waals surface area contributed by atoms with Crippen molar-refractivity contribution in [3.05, 3.63) is 92.7 Å². The zero-order valence-electron chi connectivity index (χ0n) is 20.2. The Hall–Kier alpha value is -3.71. The van der Waals surface area contributed by atoms with E-state index < -0.39 is 22.6 Å². The second-order valence-corrected chi connectivity index (χ2v) is 10.1. The van der Waals surface area contributed by atoms with Gasteiger partial charge in [-0.15, -0.1) is 0 Å². The molecule has 36 heavy (non-hydrogen) atoms. The summed E-state index contributed by atoms with van der Waals surface area (Å²) in [5.41, 5.74) is 1.17. The quantitative estimate of drug-likeness (QED) is 0.282. The number of rotatable bonds is 4. The normalized spacial score (nSPS) is 12.0. The van der Waals surface area contributed by atoms with Crippen molar-refractivity contribution in [1.82, 2.24) is 14.8 Å². The minimum Gasteiger partial charge on any atom is -0.487 e. The van der Waals surface area contributed by atoms with Crippen LogP contribution < -0.4 is 10.2 Å². The molecule has 184 valence electrons. The smallest absolute Gasteiger partial charge is 0.217 e. The number of halogens is 3. The molecule has 0 unspecified atom stereocenters. The summed E-state index contributed by atoms with van der Waals surface area (Å²) in [5, 5.41) is 3.69. The van der Waals surface area contributed by atoms with Gasteiger partial charge in [0.15, 0.2) is 11.5 Å². The van der Waals surface area contributed by atoms with E-state index in [4.69, 9.17) is 21.3 Å². The van der Waals surface area contributed by atoms with Gasteiger partial charge in [0.05, 0.1) is 21.6 Å². The number of hydrogen-bond donors (Lipinski definition) is 1. The second kappa shape index (κ2) is 8.75. The molecule has 0 atom stereocenters. The number of aryl methyl sites for hydroxylation is 1. The molecule has 0 aliphatic heterocycles. The summed E-state index contributed by atoms with van der Waals surface area (Å²) in [5.74, 6) is -1.41. The van der Waals surface area contributed by atoms with Gasteiger partial charge in [-0.05, 0) is 51.5 Å². The molecule has 0 fully saturated rings. The van der Waals surface area contributed by atoms with E-state index in [1.807, 2.05) is 51.1 Å². The topological polar surface area (TPSA) is 59.9 Å². The summed E-state index contributed by atoms with van der Waals surface area (Å²) >= 11 is 6.54. The summed E-state index contributed by atoms with van der Waals surface area (Å²) in [6.07, 6.45) is 0. The number of ether oxygens (including phenoxy) is 1. The minimum atomic E-state index is -1.02. The van der Waals surface area contributed by atoms with Crippen molar-refractivity contribution >= 4 is 33.4 Å². The van der Waals surface area contributed by atoms with E-state index in [2.05, 4.69) is 5.10 Å². The average Bonchev–Trinajstić information content (AvgIpc) is 3.18. The summed E-state index contributed by atoms with van der Waals surface area (Å²) in [6, 6.07) is 15.3. The molecule has 5 rings (SSSR count). The highest BCUT2D eigenvalue weighted by atomic mass is 35.5. The second-order valence-electron chi connectivity index (χ2n) is 9.74. The molecule has 0 saturated heterocycles. The Bertz CT molecular complexity index is 1690. The van der Waals surface area contributed by atoms with Crippen LogP contribution in [0, 0.1) is 18.6 Å². The van der Waals surface area contributed by atoms with Gasteiger partial charge in [0.2, 0.25) is 5.43 Å². The highest BCUT2D eigenvalue weighted by Gasteiger charge is 2.26. The Balaban J connectivity index is 1.73. The minimum absolute atomic E-state index is 0.0724. The summed E-state index contributed by atoms with van der Waals surface area (Å²) < 4.78 is 38.2. The maximum absolute atomic E-state index is 15.3. The first-order valence-corrected chi connectivity index (χ1v) is 11.8. The molecule has 5 nitrogen and oxygen atoms in total. The molecular formula is C28H24ClF2N3O2. The number of nitrogens with zero attached hydrogens (tertiary/aromatic N) is 2. The lowest BCUT2D eigenvalue weighted by atomic mass is 9.99. The number of aromatic amines is 1. The molecule has 2 heterocycles. The highest BCUT2D eigenvalue weighted by Crippen LogP contribution is 2.39. The van der Waals surface area contributed by atoms with Crippen LogP contribution in [-0.4, -0.2) is 14.8 Å². The number of nitrogens with one attached hydrogen (secondary N) is 1. The fraction of sp³-hybridized carbons (Fsp3) is 0.214. The van der Waals surface area contributed by atoms with Crippen LogP contribution in [0.2, 0.25) is 5.02 Å². The lowest BCUT2D eigenvalue weighted by Gasteiger charge is -2.21. The lowest BCUT2D eigenvalue weighted by molar-refractivity contribution is 0.306. The average molecular weight is 508 g/mol. The van der Waals surface area contributed by atoms with E-state index >= 15 is 8.78 Å². The number of benzene rings is 3. The van der Waals surface area contributed by atoms with Crippen LogP contribution in [0.3, 0.4) is 0 Å².